The first-order valence-corrected chi connectivity index (χ1v) is 10.8. The van der Waals surface area contributed by atoms with Crippen molar-refractivity contribution in [3.8, 4) is 5.75 Å². The zero-order valence-corrected chi connectivity index (χ0v) is 18.3. The Morgan fingerprint density at radius 2 is 1.80 bits per heavy atom. The van der Waals surface area contributed by atoms with E-state index in [4.69, 9.17) is 16.3 Å². The minimum absolute atomic E-state index is 0.115. The molecule has 0 heterocycles. The van der Waals surface area contributed by atoms with Crippen LogP contribution in [-0.2, 0) is 16.1 Å². The van der Waals surface area contributed by atoms with E-state index >= 15 is 0 Å². The zero-order valence-electron chi connectivity index (χ0n) is 17.6. The van der Waals surface area contributed by atoms with Gasteiger partial charge in [-0.2, -0.15) is 0 Å². The fourth-order valence-electron chi connectivity index (χ4n) is 3.70. The summed E-state index contributed by atoms with van der Waals surface area (Å²) in [5.74, 6) is 0.212. The Balaban J connectivity index is 1.71. The van der Waals surface area contributed by atoms with Crippen LogP contribution in [0.2, 0.25) is 5.02 Å². The van der Waals surface area contributed by atoms with Crippen molar-refractivity contribution in [3.63, 3.8) is 0 Å². The number of nitrogens with zero attached hydrogens (tertiary/aromatic N) is 1. The van der Waals surface area contributed by atoms with E-state index in [9.17, 15) is 9.59 Å². The number of halogens is 1. The second-order valence-corrected chi connectivity index (χ2v) is 8.29. The predicted molar refractivity (Wildman–Crippen MR) is 119 cm³/mol. The molecule has 0 radical (unpaired) electrons. The maximum atomic E-state index is 13.1. The van der Waals surface area contributed by atoms with Crippen molar-refractivity contribution in [2.24, 2.45) is 0 Å². The molecular formula is C24H29ClN2O3. The molecule has 1 aliphatic rings. The van der Waals surface area contributed by atoms with Gasteiger partial charge in [-0.3, -0.25) is 9.59 Å². The summed E-state index contributed by atoms with van der Waals surface area (Å²) in [6.45, 7) is 4.00. The number of amides is 2. The van der Waals surface area contributed by atoms with Crippen molar-refractivity contribution >= 4 is 23.4 Å². The summed E-state index contributed by atoms with van der Waals surface area (Å²) in [6.07, 6.45) is 4.29. The average molecular weight is 429 g/mol. The third-order valence-corrected chi connectivity index (χ3v) is 5.90. The number of carbonyl (C=O) groups excluding carboxylic acids is 2. The Kier molecular flexibility index (Phi) is 7.75. The smallest absolute Gasteiger partial charge is 0.261 e. The molecule has 0 saturated heterocycles. The van der Waals surface area contributed by atoms with Gasteiger partial charge in [-0.05, 0) is 62.1 Å². The van der Waals surface area contributed by atoms with Crippen molar-refractivity contribution in [2.45, 2.75) is 58.2 Å². The lowest BCUT2D eigenvalue weighted by Gasteiger charge is -2.30. The first-order valence-electron chi connectivity index (χ1n) is 10.5. The highest BCUT2D eigenvalue weighted by molar-refractivity contribution is 6.30. The van der Waals surface area contributed by atoms with E-state index in [0.29, 0.717) is 17.3 Å². The van der Waals surface area contributed by atoms with E-state index < -0.39 is 6.04 Å². The minimum Gasteiger partial charge on any atom is -0.484 e. The fourth-order valence-corrected chi connectivity index (χ4v) is 3.83. The molecule has 1 atom stereocenters. The number of aryl methyl sites for hydroxylation is 1. The first-order chi connectivity index (χ1) is 14.4. The molecule has 1 N–H and O–H groups in total. The Hall–Kier alpha value is -2.53. The average Bonchev–Trinajstić information content (AvgIpc) is 3.25. The number of hydrogen-bond acceptors (Lipinski definition) is 3. The van der Waals surface area contributed by atoms with E-state index in [1.165, 1.54) is 0 Å². The van der Waals surface area contributed by atoms with Gasteiger partial charge < -0.3 is 15.0 Å². The van der Waals surface area contributed by atoms with Crippen LogP contribution in [0.1, 0.15) is 43.7 Å². The maximum absolute atomic E-state index is 13.1. The molecule has 1 unspecified atom stereocenters. The molecule has 6 heteroatoms. The third-order valence-electron chi connectivity index (χ3n) is 5.65. The van der Waals surface area contributed by atoms with Crippen molar-refractivity contribution in [2.75, 3.05) is 6.61 Å². The minimum atomic E-state index is -0.591. The van der Waals surface area contributed by atoms with Crippen molar-refractivity contribution < 1.29 is 14.3 Å². The van der Waals surface area contributed by atoms with Crippen molar-refractivity contribution in [3.05, 3.63) is 64.7 Å². The third kappa shape index (κ3) is 5.99. The highest BCUT2D eigenvalue weighted by Crippen LogP contribution is 2.20. The molecule has 1 fully saturated rings. The van der Waals surface area contributed by atoms with Crippen LogP contribution in [0, 0.1) is 6.92 Å². The number of carbonyl (C=O) groups is 2. The maximum Gasteiger partial charge on any atom is 0.261 e. The fraction of sp³-hybridized carbons (Fsp3) is 0.417. The second kappa shape index (κ2) is 10.5. The molecule has 2 aromatic carbocycles. The van der Waals surface area contributed by atoms with E-state index in [-0.39, 0.29) is 24.5 Å². The monoisotopic (exact) mass is 428 g/mol. The lowest BCUT2D eigenvalue weighted by molar-refractivity contribution is -0.142. The van der Waals surface area contributed by atoms with E-state index in [1.54, 1.807) is 36.1 Å². The number of rotatable bonds is 8. The van der Waals surface area contributed by atoms with Gasteiger partial charge in [-0.15, -0.1) is 0 Å². The number of benzene rings is 2. The first kappa shape index (κ1) is 22.2. The zero-order chi connectivity index (χ0) is 21.5. The number of nitrogens with one attached hydrogen (secondary N) is 1. The van der Waals surface area contributed by atoms with Crippen LogP contribution in [0.3, 0.4) is 0 Å². The molecule has 0 bridgehead atoms. The van der Waals surface area contributed by atoms with E-state index in [2.05, 4.69) is 5.32 Å². The van der Waals surface area contributed by atoms with Crippen LogP contribution < -0.4 is 10.1 Å². The normalized spacial score (nSPS) is 14.9. The lowest BCUT2D eigenvalue weighted by Crippen LogP contribution is -2.50. The van der Waals surface area contributed by atoms with Crippen molar-refractivity contribution in [1.29, 1.82) is 0 Å². The Morgan fingerprint density at radius 1 is 1.13 bits per heavy atom. The quantitative estimate of drug-likeness (QED) is 0.673. The molecule has 0 aliphatic heterocycles. The molecular weight excluding hydrogens is 400 g/mol. The summed E-state index contributed by atoms with van der Waals surface area (Å²) in [7, 11) is 0. The van der Waals surface area contributed by atoms with Gasteiger partial charge in [-0.25, -0.2) is 0 Å². The highest BCUT2D eigenvalue weighted by Gasteiger charge is 2.29. The van der Waals surface area contributed by atoms with Crippen LogP contribution in [0.5, 0.6) is 5.75 Å². The summed E-state index contributed by atoms with van der Waals surface area (Å²) in [6, 6.07) is 14.4. The van der Waals surface area contributed by atoms with Crippen LogP contribution >= 0.6 is 11.6 Å². The van der Waals surface area contributed by atoms with Gasteiger partial charge in [0, 0.05) is 17.6 Å². The summed E-state index contributed by atoms with van der Waals surface area (Å²) < 4.78 is 5.65. The molecule has 30 heavy (non-hydrogen) atoms. The van der Waals surface area contributed by atoms with Crippen LogP contribution in [-0.4, -0.2) is 35.4 Å². The molecule has 3 rings (SSSR count). The number of ether oxygens (including phenoxy) is 1. The predicted octanol–water partition coefficient (Wildman–Crippen LogP) is 4.50. The van der Waals surface area contributed by atoms with E-state index in [0.717, 1.165) is 36.8 Å². The van der Waals surface area contributed by atoms with Gasteiger partial charge in [0.2, 0.25) is 5.91 Å². The molecule has 2 amide bonds. The lowest BCUT2D eigenvalue weighted by atomic mass is 10.1. The largest absolute Gasteiger partial charge is 0.484 e. The summed E-state index contributed by atoms with van der Waals surface area (Å²) in [5.41, 5.74) is 2.09. The molecule has 0 spiro atoms. The topological polar surface area (TPSA) is 58.6 Å². The molecule has 160 valence electrons. The summed E-state index contributed by atoms with van der Waals surface area (Å²) >= 11 is 5.90. The molecule has 1 saturated carbocycles. The molecule has 2 aromatic rings. The van der Waals surface area contributed by atoms with Gasteiger partial charge in [-0.1, -0.05) is 48.7 Å². The van der Waals surface area contributed by atoms with Gasteiger partial charge in [0.25, 0.3) is 5.91 Å². The second-order valence-electron chi connectivity index (χ2n) is 7.86. The standard InChI is InChI=1S/C24H29ClN2O3/c1-17-7-3-4-8-19(17)15-27(18(2)24(29)26-21-9-5-6-10-21)23(28)16-30-22-13-11-20(25)12-14-22/h3-4,7-8,11-14,18,21H,5-6,9-10,15-16H2,1-2H3,(H,26,29). The van der Waals surface area contributed by atoms with Crippen LogP contribution in [0.4, 0.5) is 0 Å². The van der Waals surface area contributed by atoms with Crippen molar-refractivity contribution in [1.82, 2.24) is 10.2 Å². The summed E-state index contributed by atoms with van der Waals surface area (Å²) in [5, 5.41) is 3.71. The Morgan fingerprint density at radius 3 is 2.47 bits per heavy atom. The number of hydrogen-bond donors (Lipinski definition) is 1. The van der Waals surface area contributed by atoms with Gasteiger partial charge in [0.15, 0.2) is 6.61 Å². The van der Waals surface area contributed by atoms with Crippen LogP contribution in [0.25, 0.3) is 0 Å². The SMILES string of the molecule is Cc1ccccc1CN(C(=O)COc1ccc(Cl)cc1)C(C)C(=O)NC1CCCC1. The Labute approximate surface area is 183 Å². The van der Waals surface area contributed by atoms with Crippen LogP contribution in [0.15, 0.2) is 48.5 Å². The molecule has 5 nitrogen and oxygen atoms in total. The molecule has 0 aromatic heterocycles. The van der Waals surface area contributed by atoms with Gasteiger partial charge in [0.1, 0.15) is 11.8 Å². The van der Waals surface area contributed by atoms with Gasteiger partial charge >= 0.3 is 0 Å². The van der Waals surface area contributed by atoms with E-state index in [1.807, 2.05) is 31.2 Å². The summed E-state index contributed by atoms with van der Waals surface area (Å²) in [4.78, 5) is 27.5. The molecule has 1 aliphatic carbocycles. The highest BCUT2D eigenvalue weighted by atomic mass is 35.5. The Bertz CT molecular complexity index is 863. The van der Waals surface area contributed by atoms with Gasteiger partial charge in [0.05, 0.1) is 0 Å².